The Labute approximate surface area is 164 Å². The highest BCUT2D eigenvalue weighted by atomic mass is 16.1. The van der Waals surface area contributed by atoms with Gasteiger partial charge in [-0.05, 0) is 72.7 Å². The molecule has 5 atom stereocenters. The summed E-state index contributed by atoms with van der Waals surface area (Å²) in [7, 11) is 0. The molecule has 0 radical (unpaired) electrons. The van der Waals surface area contributed by atoms with E-state index in [2.05, 4.69) is 39.8 Å². The van der Waals surface area contributed by atoms with Gasteiger partial charge in [0.05, 0.1) is 0 Å². The number of fused-ring (bicyclic) bond motifs is 5. The number of carbonyl (C=O) groups is 2. The first-order valence-electron chi connectivity index (χ1n) is 11.0. The molecule has 2 heteroatoms. The molecule has 0 bridgehead atoms. The lowest BCUT2D eigenvalue weighted by atomic mass is 9.49. The molecule has 4 aliphatic carbocycles. The standard InChI is InChI=1S/C25H34O2/c1-5-16(6-2)13-17-14-19-20-7-8-23(27)25(20,4)12-10-21(19)24(3)11-9-18(26)15-22(17)24/h9,11,14-16,19-21H,5-8,10,12-13H2,1-4H3/t19-,20-,21-,24+,25-/m0/s1. The Morgan fingerprint density at radius 3 is 2.56 bits per heavy atom. The van der Waals surface area contributed by atoms with E-state index in [4.69, 9.17) is 0 Å². The van der Waals surface area contributed by atoms with Crippen molar-refractivity contribution in [1.29, 1.82) is 0 Å². The van der Waals surface area contributed by atoms with E-state index in [0.29, 0.717) is 29.5 Å². The summed E-state index contributed by atoms with van der Waals surface area (Å²) in [5, 5.41) is 0. The number of allylic oxidation sites excluding steroid dienone is 6. The van der Waals surface area contributed by atoms with Gasteiger partial charge < -0.3 is 0 Å². The predicted molar refractivity (Wildman–Crippen MR) is 109 cm³/mol. The van der Waals surface area contributed by atoms with Crippen molar-refractivity contribution in [3.63, 3.8) is 0 Å². The second-order valence-electron chi connectivity index (χ2n) is 9.86. The summed E-state index contributed by atoms with van der Waals surface area (Å²) in [5.41, 5.74) is 2.50. The molecule has 146 valence electrons. The van der Waals surface area contributed by atoms with E-state index in [1.807, 2.05) is 6.08 Å². The Morgan fingerprint density at radius 1 is 1.11 bits per heavy atom. The van der Waals surface area contributed by atoms with Crippen molar-refractivity contribution >= 4 is 11.6 Å². The Kier molecular flexibility index (Phi) is 4.60. The van der Waals surface area contributed by atoms with Gasteiger partial charge in [-0.2, -0.15) is 0 Å². The number of ketones is 2. The quantitative estimate of drug-likeness (QED) is 0.627. The molecule has 2 saturated carbocycles. The van der Waals surface area contributed by atoms with Gasteiger partial charge in [-0.25, -0.2) is 0 Å². The maximum atomic E-state index is 12.7. The van der Waals surface area contributed by atoms with Crippen LogP contribution >= 0.6 is 0 Å². The van der Waals surface area contributed by atoms with Crippen LogP contribution < -0.4 is 0 Å². The highest BCUT2D eigenvalue weighted by Gasteiger charge is 2.58. The highest BCUT2D eigenvalue weighted by molar-refractivity contribution is 6.02. The fourth-order valence-corrected chi connectivity index (χ4v) is 6.74. The third-order valence-electron chi connectivity index (χ3n) is 8.68. The van der Waals surface area contributed by atoms with E-state index < -0.39 is 0 Å². The van der Waals surface area contributed by atoms with E-state index in [9.17, 15) is 9.59 Å². The lowest BCUT2D eigenvalue weighted by molar-refractivity contribution is -0.130. The van der Waals surface area contributed by atoms with Crippen molar-refractivity contribution in [3.8, 4) is 0 Å². The summed E-state index contributed by atoms with van der Waals surface area (Å²) >= 11 is 0. The van der Waals surface area contributed by atoms with Crippen LogP contribution in [0.15, 0.2) is 35.5 Å². The molecule has 4 rings (SSSR count). The van der Waals surface area contributed by atoms with Crippen LogP contribution in [0.1, 0.15) is 72.6 Å². The first kappa shape index (κ1) is 18.9. The van der Waals surface area contributed by atoms with Crippen molar-refractivity contribution in [2.45, 2.75) is 72.6 Å². The number of hydrogen-bond donors (Lipinski definition) is 0. The Balaban J connectivity index is 1.80. The normalized spacial score (nSPS) is 40.4. The summed E-state index contributed by atoms with van der Waals surface area (Å²) in [6.07, 6.45) is 15.7. The SMILES string of the molecule is CCC(CC)CC1=C[C@@H]2[C@H](CC[C@]3(C)C(=O)CC[C@@H]23)[C@@]2(C)C=CC(=O)C=C12. The Morgan fingerprint density at radius 2 is 1.85 bits per heavy atom. The largest absolute Gasteiger partial charge is 0.299 e. The van der Waals surface area contributed by atoms with E-state index in [0.717, 1.165) is 32.1 Å². The molecule has 27 heavy (non-hydrogen) atoms. The minimum atomic E-state index is -0.122. The van der Waals surface area contributed by atoms with Gasteiger partial charge in [0, 0.05) is 17.3 Å². The summed E-state index contributed by atoms with van der Waals surface area (Å²) in [4.78, 5) is 24.9. The smallest absolute Gasteiger partial charge is 0.178 e. The molecule has 0 aromatic carbocycles. The molecule has 0 heterocycles. The second-order valence-corrected chi connectivity index (χ2v) is 9.86. The maximum Gasteiger partial charge on any atom is 0.178 e. The van der Waals surface area contributed by atoms with Crippen molar-refractivity contribution < 1.29 is 9.59 Å². The van der Waals surface area contributed by atoms with Gasteiger partial charge in [0.25, 0.3) is 0 Å². The first-order valence-corrected chi connectivity index (χ1v) is 11.0. The topological polar surface area (TPSA) is 34.1 Å². The molecule has 0 N–H and O–H groups in total. The highest BCUT2D eigenvalue weighted by Crippen LogP contribution is 2.63. The fourth-order valence-electron chi connectivity index (χ4n) is 6.74. The summed E-state index contributed by atoms with van der Waals surface area (Å²) in [6.45, 7) is 9.12. The van der Waals surface area contributed by atoms with E-state index >= 15 is 0 Å². The third kappa shape index (κ3) is 2.74. The van der Waals surface area contributed by atoms with Crippen LogP contribution in [0.2, 0.25) is 0 Å². The van der Waals surface area contributed by atoms with Crippen LogP contribution in [-0.2, 0) is 9.59 Å². The van der Waals surface area contributed by atoms with Crippen LogP contribution in [0.5, 0.6) is 0 Å². The number of Topliss-reactive ketones (excluding diaryl/α,β-unsaturated/α-hetero) is 1. The minimum Gasteiger partial charge on any atom is -0.299 e. The lowest BCUT2D eigenvalue weighted by Gasteiger charge is -2.54. The van der Waals surface area contributed by atoms with E-state index in [-0.39, 0.29) is 16.6 Å². The fraction of sp³-hybridized carbons (Fsp3) is 0.680. The van der Waals surface area contributed by atoms with Crippen LogP contribution in [0.25, 0.3) is 0 Å². The van der Waals surface area contributed by atoms with Crippen LogP contribution in [0.4, 0.5) is 0 Å². The Bertz CT molecular complexity index is 750. The van der Waals surface area contributed by atoms with Gasteiger partial charge in [0.1, 0.15) is 5.78 Å². The molecule has 0 aromatic rings. The molecule has 0 unspecified atom stereocenters. The second kappa shape index (κ2) is 6.57. The van der Waals surface area contributed by atoms with Crippen molar-refractivity contribution in [3.05, 3.63) is 35.5 Å². The molecule has 0 saturated heterocycles. The average Bonchev–Trinajstić information content (AvgIpc) is 2.96. The molecule has 4 aliphatic rings. The van der Waals surface area contributed by atoms with Crippen LogP contribution in [0, 0.1) is 34.5 Å². The van der Waals surface area contributed by atoms with Gasteiger partial charge in [0.15, 0.2) is 5.78 Å². The number of carbonyl (C=O) groups excluding carboxylic acids is 2. The first-order chi connectivity index (χ1) is 12.8. The molecule has 0 aliphatic heterocycles. The zero-order valence-corrected chi connectivity index (χ0v) is 17.4. The Hall–Kier alpha value is -1.44. The molecule has 0 aromatic heterocycles. The third-order valence-corrected chi connectivity index (χ3v) is 8.68. The molecule has 2 fully saturated rings. The zero-order valence-electron chi connectivity index (χ0n) is 17.4. The van der Waals surface area contributed by atoms with Crippen molar-refractivity contribution in [2.75, 3.05) is 0 Å². The predicted octanol–water partition coefficient (Wildman–Crippen LogP) is 5.84. The van der Waals surface area contributed by atoms with Gasteiger partial charge >= 0.3 is 0 Å². The van der Waals surface area contributed by atoms with E-state index in [1.54, 1.807) is 6.08 Å². The van der Waals surface area contributed by atoms with Crippen LogP contribution in [-0.4, -0.2) is 11.6 Å². The van der Waals surface area contributed by atoms with Gasteiger partial charge in [-0.3, -0.25) is 9.59 Å². The molecular formula is C25H34O2. The lowest BCUT2D eigenvalue weighted by Crippen LogP contribution is -2.49. The average molecular weight is 367 g/mol. The molecule has 2 nitrogen and oxygen atoms in total. The van der Waals surface area contributed by atoms with Gasteiger partial charge in [-0.1, -0.05) is 52.7 Å². The molecule has 0 spiro atoms. The van der Waals surface area contributed by atoms with Crippen molar-refractivity contribution in [1.82, 2.24) is 0 Å². The molecule has 0 amide bonds. The maximum absolute atomic E-state index is 12.7. The van der Waals surface area contributed by atoms with Gasteiger partial charge in [-0.15, -0.1) is 0 Å². The van der Waals surface area contributed by atoms with E-state index in [1.165, 1.54) is 24.0 Å². The monoisotopic (exact) mass is 366 g/mol. The summed E-state index contributed by atoms with van der Waals surface area (Å²) in [6, 6.07) is 0. The zero-order chi connectivity index (χ0) is 19.4. The van der Waals surface area contributed by atoms with Crippen LogP contribution in [0.3, 0.4) is 0 Å². The molecular weight excluding hydrogens is 332 g/mol. The number of rotatable bonds is 4. The minimum absolute atomic E-state index is 0.0539. The van der Waals surface area contributed by atoms with Crippen molar-refractivity contribution in [2.24, 2.45) is 34.5 Å². The number of hydrogen-bond acceptors (Lipinski definition) is 2. The summed E-state index contributed by atoms with van der Waals surface area (Å²) < 4.78 is 0. The summed E-state index contributed by atoms with van der Waals surface area (Å²) in [5.74, 6) is 2.75. The van der Waals surface area contributed by atoms with Gasteiger partial charge in [0.2, 0.25) is 0 Å².